The Bertz CT molecular complexity index is 304. The van der Waals surface area contributed by atoms with Gasteiger partial charge in [-0.05, 0) is 32.1 Å². The molecule has 4 heteroatoms. The van der Waals surface area contributed by atoms with Crippen molar-refractivity contribution in [2.75, 3.05) is 13.6 Å². The minimum atomic E-state index is -0.206. The average Bonchev–Trinajstić information content (AvgIpc) is 2.69. The second-order valence-electron chi connectivity index (χ2n) is 5.53. The zero-order chi connectivity index (χ0) is 11.8. The van der Waals surface area contributed by atoms with Gasteiger partial charge in [0.1, 0.15) is 6.10 Å². The summed E-state index contributed by atoms with van der Waals surface area (Å²) < 4.78 is 5.96. The van der Waals surface area contributed by atoms with Gasteiger partial charge >= 0.3 is 0 Å². The third kappa shape index (κ3) is 1.97. The van der Waals surface area contributed by atoms with E-state index in [0.717, 1.165) is 25.3 Å². The van der Waals surface area contributed by atoms with Gasteiger partial charge < -0.3 is 10.1 Å². The van der Waals surface area contributed by atoms with Crippen LogP contribution in [0.3, 0.4) is 0 Å². The topological polar surface area (TPSA) is 41.6 Å². The summed E-state index contributed by atoms with van der Waals surface area (Å²) in [5.41, 5.74) is 0. The average molecular weight is 238 g/mol. The monoisotopic (exact) mass is 238 g/mol. The Morgan fingerprint density at radius 2 is 2.06 bits per heavy atom. The van der Waals surface area contributed by atoms with Crippen LogP contribution in [0, 0.1) is 0 Å². The molecule has 3 atom stereocenters. The number of carbonyl (C=O) groups excluding carboxylic acids is 1. The number of amides is 1. The van der Waals surface area contributed by atoms with Gasteiger partial charge in [0.15, 0.2) is 0 Å². The van der Waals surface area contributed by atoms with Crippen LogP contribution >= 0.6 is 0 Å². The number of carbonyl (C=O) groups is 1. The smallest absolute Gasteiger partial charge is 0.248 e. The molecule has 4 nitrogen and oxygen atoms in total. The van der Waals surface area contributed by atoms with Crippen molar-refractivity contribution in [3.8, 4) is 0 Å². The normalized spacial score (nSPS) is 38.5. The summed E-state index contributed by atoms with van der Waals surface area (Å²) in [6.07, 6.45) is 7.32. The molecular weight excluding hydrogens is 216 g/mol. The van der Waals surface area contributed by atoms with Crippen LogP contribution in [0.25, 0.3) is 0 Å². The van der Waals surface area contributed by atoms with E-state index in [9.17, 15) is 4.79 Å². The lowest BCUT2D eigenvalue weighted by molar-refractivity contribution is -0.144. The maximum Gasteiger partial charge on any atom is 0.248 e. The highest BCUT2D eigenvalue weighted by molar-refractivity contribution is 5.80. The molecule has 1 amide bonds. The lowest BCUT2D eigenvalue weighted by Gasteiger charge is -2.42. The Morgan fingerprint density at radius 3 is 2.71 bits per heavy atom. The van der Waals surface area contributed by atoms with Gasteiger partial charge in [0.05, 0.1) is 6.10 Å². The van der Waals surface area contributed by atoms with Crippen molar-refractivity contribution >= 4 is 5.91 Å². The fourth-order valence-corrected chi connectivity index (χ4v) is 3.49. The number of likely N-dealkylation sites (tertiary alicyclic amines) is 1. The highest BCUT2D eigenvalue weighted by atomic mass is 16.5. The predicted octanol–water partition coefficient (Wildman–Crippen LogP) is 0.907. The van der Waals surface area contributed by atoms with Crippen molar-refractivity contribution in [2.24, 2.45) is 0 Å². The summed E-state index contributed by atoms with van der Waals surface area (Å²) in [5, 5.41) is 2.69. The number of likely N-dealkylation sites (N-methyl/N-ethyl adjacent to an activating group) is 1. The third-order valence-electron chi connectivity index (χ3n) is 4.67. The first-order valence-electron chi connectivity index (χ1n) is 6.92. The molecule has 3 rings (SSSR count). The standard InChI is InChI=1S/C13H22N2O2/c1-14-13(16)12-6-5-10-11(17-12)7-8-15(10)9-3-2-4-9/h9-12H,2-8H2,1H3,(H,14,16)/t10-,11-,12-/m1/s1. The molecule has 3 fully saturated rings. The van der Waals surface area contributed by atoms with Crippen LogP contribution in [0.15, 0.2) is 0 Å². The molecule has 0 radical (unpaired) electrons. The fraction of sp³-hybridized carbons (Fsp3) is 0.923. The van der Waals surface area contributed by atoms with Crippen molar-refractivity contribution < 1.29 is 9.53 Å². The second-order valence-corrected chi connectivity index (χ2v) is 5.53. The van der Waals surface area contributed by atoms with E-state index in [1.165, 1.54) is 25.8 Å². The number of fused-ring (bicyclic) bond motifs is 1. The van der Waals surface area contributed by atoms with Crippen molar-refractivity contribution in [3.63, 3.8) is 0 Å². The molecule has 0 bridgehead atoms. The molecule has 17 heavy (non-hydrogen) atoms. The molecule has 0 aromatic carbocycles. The van der Waals surface area contributed by atoms with Crippen molar-refractivity contribution in [2.45, 2.75) is 62.8 Å². The van der Waals surface area contributed by atoms with Gasteiger partial charge in [0.25, 0.3) is 0 Å². The zero-order valence-electron chi connectivity index (χ0n) is 10.5. The van der Waals surface area contributed by atoms with Crippen LogP contribution in [0.5, 0.6) is 0 Å². The van der Waals surface area contributed by atoms with E-state index in [4.69, 9.17) is 4.74 Å². The molecule has 0 aromatic rings. The van der Waals surface area contributed by atoms with Crippen molar-refractivity contribution in [1.29, 1.82) is 0 Å². The molecule has 1 N–H and O–H groups in total. The first-order valence-corrected chi connectivity index (χ1v) is 6.92. The van der Waals surface area contributed by atoms with Crippen LogP contribution in [0.4, 0.5) is 0 Å². The number of nitrogens with one attached hydrogen (secondary N) is 1. The summed E-state index contributed by atoms with van der Waals surface area (Å²) in [6, 6.07) is 1.39. The van der Waals surface area contributed by atoms with E-state index in [1.54, 1.807) is 7.05 Å². The van der Waals surface area contributed by atoms with Gasteiger partial charge in [-0.15, -0.1) is 0 Å². The van der Waals surface area contributed by atoms with Gasteiger partial charge in [-0.3, -0.25) is 9.69 Å². The summed E-state index contributed by atoms with van der Waals surface area (Å²) in [6.45, 7) is 1.17. The molecule has 2 heterocycles. The maximum absolute atomic E-state index is 11.6. The first kappa shape index (κ1) is 11.5. The van der Waals surface area contributed by atoms with Gasteiger partial charge in [0, 0.05) is 25.7 Å². The number of nitrogens with zero attached hydrogens (tertiary/aromatic N) is 1. The van der Waals surface area contributed by atoms with E-state index >= 15 is 0 Å². The minimum absolute atomic E-state index is 0.0468. The minimum Gasteiger partial charge on any atom is -0.363 e. The van der Waals surface area contributed by atoms with Gasteiger partial charge in [-0.1, -0.05) is 6.42 Å². The van der Waals surface area contributed by atoms with E-state index < -0.39 is 0 Å². The molecule has 96 valence electrons. The zero-order valence-corrected chi connectivity index (χ0v) is 10.5. The Labute approximate surface area is 103 Å². The lowest BCUT2D eigenvalue weighted by Crippen LogP contribution is -2.51. The third-order valence-corrected chi connectivity index (χ3v) is 4.67. The summed E-state index contributed by atoms with van der Waals surface area (Å²) in [7, 11) is 1.69. The van der Waals surface area contributed by atoms with Crippen LogP contribution in [0.2, 0.25) is 0 Å². The van der Waals surface area contributed by atoms with E-state index in [2.05, 4.69) is 10.2 Å². The highest BCUT2D eigenvalue weighted by Gasteiger charge is 2.44. The van der Waals surface area contributed by atoms with Crippen LogP contribution in [-0.4, -0.2) is 48.7 Å². The molecule has 2 aliphatic heterocycles. The molecule has 1 aliphatic carbocycles. The van der Waals surface area contributed by atoms with Gasteiger partial charge in [0.2, 0.25) is 5.91 Å². The largest absolute Gasteiger partial charge is 0.363 e. The summed E-state index contributed by atoms with van der Waals surface area (Å²) in [5.74, 6) is 0.0468. The van der Waals surface area contributed by atoms with Crippen molar-refractivity contribution in [1.82, 2.24) is 10.2 Å². The van der Waals surface area contributed by atoms with Gasteiger partial charge in [-0.25, -0.2) is 0 Å². The quantitative estimate of drug-likeness (QED) is 0.777. The molecule has 1 saturated carbocycles. The van der Waals surface area contributed by atoms with Crippen LogP contribution in [0.1, 0.15) is 38.5 Å². The van der Waals surface area contributed by atoms with Crippen molar-refractivity contribution in [3.05, 3.63) is 0 Å². The van der Waals surface area contributed by atoms with E-state index in [1.807, 2.05) is 0 Å². The van der Waals surface area contributed by atoms with E-state index in [0.29, 0.717) is 12.1 Å². The molecule has 0 aromatic heterocycles. The first-order chi connectivity index (χ1) is 8.29. The number of hydrogen-bond acceptors (Lipinski definition) is 3. The maximum atomic E-state index is 11.6. The Morgan fingerprint density at radius 1 is 1.24 bits per heavy atom. The highest BCUT2D eigenvalue weighted by Crippen LogP contribution is 2.37. The molecule has 2 saturated heterocycles. The van der Waals surface area contributed by atoms with Gasteiger partial charge in [-0.2, -0.15) is 0 Å². The Balaban J connectivity index is 1.61. The molecule has 0 spiro atoms. The fourth-order valence-electron chi connectivity index (χ4n) is 3.49. The Hall–Kier alpha value is -0.610. The summed E-state index contributed by atoms with van der Waals surface area (Å²) in [4.78, 5) is 14.2. The number of ether oxygens (including phenoxy) is 1. The van der Waals surface area contributed by atoms with E-state index in [-0.39, 0.29) is 12.0 Å². The lowest BCUT2D eigenvalue weighted by atomic mass is 9.89. The predicted molar refractivity (Wildman–Crippen MR) is 64.7 cm³/mol. The molecule has 3 aliphatic rings. The van der Waals surface area contributed by atoms with Crippen LogP contribution in [-0.2, 0) is 9.53 Å². The molecule has 0 unspecified atom stereocenters. The SMILES string of the molecule is CNC(=O)[C@H]1CC[C@@H]2[C@@H](CCN2C2CCC2)O1. The number of hydrogen-bond donors (Lipinski definition) is 1. The van der Waals surface area contributed by atoms with Crippen LogP contribution < -0.4 is 5.32 Å². The second kappa shape index (κ2) is 4.58. The number of rotatable bonds is 2. The molecular formula is C13H22N2O2. The summed E-state index contributed by atoms with van der Waals surface area (Å²) >= 11 is 0. The Kier molecular flexibility index (Phi) is 3.09.